The summed E-state index contributed by atoms with van der Waals surface area (Å²) in [6, 6.07) is 27.7. The number of hydrazone groups is 1. The summed E-state index contributed by atoms with van der Waals surface area (Å²) in [5.74, 6) is 0.425. The molecule has 0 saturated carbocycles. The molecule has 0 fully saturated rings. The van der Waals surface area contributed by atoms with E-state index in [1.54, 1.807) is 66.7 Å². The van der Waals surface area contributed by atoms with Crippen molar-refractivity contribution in [2.75, 3.05) is 18.5 Å². The Hall–Kier alpha value is -4.63. The highest BCUT2D eigenvalue weighted by atomic mass is 32.2. The van der Waals surface area contributed by atoms with E-state index in [9.17, 15) is 13.2 Å². The van der Waals surface area contributed by atoms with Gasteiger partial charge in [0, 0.05) is 5.56 Å². The van der Waals surface area contributed by atoms with Crippen LogP contribution in [-0.4, -0.2) is 34.8 Å². The van der Waals surface area contributed by atoms with Gasteiger partial charge in [0.25, 0.3) is 15.9 Å². The summed E-state index contributed by atoms with van der Waals surface area (Å²) >= 11 is 0. The van der Waals surface area contributed by atoms with Gasteiger partial charge in [0.2, 0.25) is 0 Å². The number of hydrogen-bond acceptors (Lipinski definition) is 6. The van der Waals surface area contributed by atoms with Crippen molar-refractivity contribution in [3.63, 3.8) is 0 Å². The molecule has 1 amide bonds. The molecule has 0 spiro atoms. The zero-order valence-electron chi connectivity index (χ0n) is 21.9. The van der Waals surface area contributed by atoms with Crippen molar-refractivity contribution in [1.82, 2.24) is 5.43 Å². The Morgan fingerprint density at radius 2 is 1.56 bits per heavy atom. The van der Waals surface area contributed by atoms with Gasteiger partial charge in [0.05, 0.1) is 43.1 Å². The largest absolute Gasteiger partial charge is 0.493 e. The van der Waals surface area contributed by atoms with Crippen LogP contribution in [0.15, 0.2) is 107 Å². The van der Waals surface area contributed by atoms with Gasteiger partial charge in [-0.2, -0.15) is 5.10 Å². The molecule has 9 heteroatoms. The summed E-state index contributed by atoms with van der Waals surface area (Å²) in [5.41, 5.74) is 5.19. The Kier molecular flexibility index (Phi) is 8.63. The third-order valence-corrected chi connectivity index (χ3v) is 7.77. The fourth-order valence-corrected chi connectivity index (χ4v) is 5.48. The van der Waals surface area contributed by atoms with Crippen LogP contribution in [0.3, 0.4) is 0 Å². The average Bonchev–Trinajstić information content (AvgIpc) is 2.96. The number of para-hydroxylation sites is 2. The van der Waals surface area contributed by atoms with Crippen LogP contribution < -0.4 is 19.2 Å². The highest BCUT2D eigenvalue weighted by Crippen LogP contribution is 2.31. The molecule has 0 aliphatic rings. The van der Waals surface area contributed by atoms with E-state index in [0.717, 1.165) is 11.1 Å². The van der Waals surface area contributed by atoms with Crippen molar-refractivity contribution in [2.24, 2.45) is 5.10 Å². The van der Waals surface area contributed by atoms with Gasteiger partial charge < -0.3 is 9.47 Å². The molecule has 0 aliphatic heterocycles. The van der Waals surface area contributed by atoms with E-state index in [0.29, 0.717) is 17.1 Å². The first-order valence-corrected chi connectivity index (χ1v) is 13.6. The highest BCUT2D eigenvalue weighted by molar-refractivity contribution is 7.92. The number of ether oxygens (including phenoxy) is 2. The molecule has 0 atom stereocenters. The summed E-state index contributed by atoms with van der Waals surface area (Å²) in [4.78, 5) is 13.4. The number of carbonyl (C=O) groups is 1. The maximum atomic E-state index is 13.9. The van der Waals surface area contributed by atoms with Crippen LogP contribution in [0.4, 0.5) is 5.69 Å². The molecule has 0 heterocycles. The van der Waals surface area contributed by atoms with Gasteiger partial charge in [-0.05, 0) is 48.9 Å². The average molecular weight is 544 g/mol. The minimum absolute atomic E-state index is 0.0334. The first-order chi connectivity index (χ1) is 18.8. The summed E-state index contributed by atoms with van der Waals surface area (Å²) in [5, 5.41) is 4.09. The molecule has 0 radical (unpaired) electrons. The Labute approximate surface area is 228 Å². The van der Waals surface area contributed by atoms with Gasteiger partial charge >= 0.3 is 0 Å². The zero-order valence-corrected chi connectivity index (χ0v) is 22.7. The van der Waals surface area contributed by atoms with E-state index in [4.69, 9.17) is 9.47 Å². The Morgan fingerprint density at radius 3 is 2.26 bits per heavy atom. The van der Waals surface area contributed by atoms with Crippen LogP contribution in [0.2, 0.25) is 0 Å². The van der Waals surface area contributed by atoms with Crippen molar-refractivity contribution >= 4 is 27.8 Å². The van der Waals surface area contributed by atoms with E-state index in [1.165, 1.54) is 24.7 Å². The fraction of sp³-hybridized carbons (Fsp3) is 0.133. The van der Waals surface area contributed by atoms with Crippen LogP contribution in [0.1, 0.15) is 27.0 Å². The predicted octanol–water partition coefficient (Wildman–Crippen LogP) is 5.17. The molecule has 0 bridgehead atoms. The van der Waals surface area contributed by atoms with E-state index < -0.39 is 15.9 Å². The smallest absolute Gasteiger partial charge is 0.273 e. The zero-order chi connectivity index (χ0) is 27.8. The second kappa shape index (κ2) is 12.3. The molecular formula is C30H29N3O5S. The number of methoxy groups -OCH3 is 2. The van der Waals surface area contributed by atoms with E-state index in [1.807, 2.05) is 37.3 Å². The number of amides is 1. The first kappa shape index (κ1) is 27.4. The summed E-state index contributed by atoms with van der Waals surface area (Å²) in [6.45, 7) is 1.92. The maximum absolute atomic E-state index is 13.9. The number of sulfonamides is 1. The molecule has 0 aliphatic carbocycles. The molecule has 8 nitrogen and oxygen atoms in total. The van der Waals surface area contributed by atoms with Crippen LogP contribution >= 0.6 is 0 Å². The summed E-state index contributed by atoms with van der Waals surface area (Å²) < 4.78 is 39.7. The third kappa shape index (κ3) is 6.27. The second-order valence-electron chi connectivity index (χ2n) is 8.61. The van der Waals surface area contributed by atoms with Crippen LogP contribution in [0.5, 0.6) is 11.5 Å². The Bertz CT molecular complexity index is 1570. The molecule has 0 saturated heterocycles. The lowest BCUT2D eigenvalue weighted by molar-refractivity contribution is 0.0955. The lowest BCUT2D eigenvalue weighted by atomic mass is 10.1. The molecular weight excluding hydrogens is 514 g/mol. The Morgan fingerprint density at radius 1 is 0.872 bits per heavy atom. The van der Waals surface area contributed by atoms with Crippen molar-refractivity contribution in [1.29, 1.82) is 0 Å². The minimum Gasteiger partial charge on any atom is -0.493 e. The molecule has 39 heavy (non-hydrogen) atoms. The quantitative estimate of drug-likeness (QED) is 0.220. The van der Waals surface area contributed by atoms with Gasteiger partial charge in [-0.15, -0.1) is 0 Å². The normalized spacial score (nSPS) is 11.3. The van der Waals surface area contributed by atoms with Crippen molar-refractivity contribution in [3.05, 3.63) is 119 Å². The first-order valence-electron chi connectivity index (χ1n) is 12.1. The second-order valence-corrected chi connectivity index (χ2v) is 10.5. The maximum Gasteiger partial charge on any atom is 0.273 e. The lowest BCUT2D eigenvalue weighted by Gasteiger charge is -2.26. The predicted molar refractivity (Wildman–Crippen MR) is 152 cm³/mol. The number of anilines is 1. The van der Waals surface area contributed by atoms with Gasteiger partial charge in [-0.25, -0.2) is 13.8 Å². The van der Waals surface area contributed by atoms with Gasteiger partial charge in [-0.3, -0.25) is 9.10 Å². The standard InChI is InChI=1S/C30H29N3O5S/c1-22-16-18-25(19-17-22)39(35,36)33(21-23-10-5-4-6-11-23)27-14-8-7-13-26(27)30(34)32-31-20-24-12-9-15-28(37-2)29(24)38-3/h4-20H,21H2,1-3H3,(H,32,34). The molecule has 4 aromatic carbocycles. The minimum atomic E-state index is -4.02. The summed E-state index contributed by atoms with van der Waals surface area (Å²) in [7, 11) is -0.976. The lowest BCUT2D eigenvalue weighted by Crippen LogP contribution is -2.33. The summed E-state index contributed by atoms with van der Waals surface area (Å²) in [6.07, 6.45) is 1.44. The molecule has 0 unspecified atom stereocenters. The van der Waals surface area contributed by atoms with E-state index in [2.05, 4.69) is 10.5 Å². The van der Waals surface area contributed by atoms with E-state index in [-0.39, 0.29) is 22.7 Å². The number of nitrogens with one attached hydrogen (secondary N) is 1. The van der Waals surface area contributed by atoms with Gasteiger partial charge in [0.15, 0.2) is 11.5 Å². The molecule has 0 aromatic heterocycles. The monoisotopic (exact) mass is 543 g/mol. The van der Waals surface area contributed by atoms with Crippen LogP contribution in [0.25, 0.3) is 0 Å². The molecule has 1 N–H and O–H groups in total. The van der Waals surface area contributed by atoms with Crippen molar-refractivity contribution in [3.8, 4) is 11.5 Å². The number of benzene rings is 4. The third-order valence-electron chi connectivity index (χ3n) is 6.00. The van der Waals surface area contributed by atoms with Crippen molar-refractivity contribution < 1.29 is 22.7 Å². The van der Waals surface area contributed by atoms with E-state index >= 15 is 0 Å². The van der Waals surface area contributed by atoms with Gasteiger partial charge in [0.1, 0.15) is 0 Å². The SMILES string of the molecule is COc1cccc(C=NNC(=O)c2ccccc2N(Cc2ccccc2)S(=O)(=O)c2ccc(C)cc2)c1OC. The number of nitrogens with zero attached hydrogens (tertiary/aromatic N) is 2. The number of aryl methyl sites for hydroxylation is 1. The number of hydrogen-bond donors (Lipinski definition) is 1. The molecule has 4 aromatic rings. The Balaban J connectivity index is 1.70. The van der Waals surface area contributed by atoms with Gasteiger partial charge in [-0.1, -0.05) is 66.2 Å². The fourth-order valence-electron chi connectivity index (χ4n) is 4.00. The topological polar surface area (TPSA) is 97.3 Å². The highest BCUT2D eigenvalue weighted by Gasteiger charge is 2.28. The molecule has 200 valence electrons. The molecule has 4 rings (SSSR count). The van der Waals surface area contributed by atoms with Crippen molar-refractivity contribution in [2.45, 2.75) is 18.4 Å². The van der Waals surface area contributed by atoms with Crippen LogP contribution in [-0.2, 0) is 16.6 Å². The number of carbonyl (C=O) groups excluding carboxylic acids is 1. The van der Waals surface area contributed by atoms with Crippen LogP contribution in [0, 0.1) is 6.92 Å². The number of rotatable bonds is 10.